The van der Waals surface area contributed by atoms with Crippen LogP contribution < -0.4 is 0 Å². The molecule has 0 aliphatic carbocycles. The molecule has 0 spiro atoms. The van der Waals surface area contributed by atoms with Crippen LogP contribution in [0.5, 0.6) is 0 Å². The third-order valence-corrected chi connectivity index (χ3v) is 3.27. The predicted octanol–water partition coefficient (Wildman–Crippen LogP) is 5.18. The molecule has 2 aromatic rings. The minimum atomic E-state index is 0. The van der Waals surface area contributed by atoms with Gasteiger partial charge in [0.2, 0.25) is 0 Å². The zero-order chi connectivity index (χ0) is 9.84. The molecule has 0 aliphatic heterocycles. The lowest BCUT2D eigenvalue weighted by atomic mass is 10.2. The van der Waals surface area contributed by atoms with E-state index in [1.807, 2.05) is 25.2 Å². The van der Waals surface area contributed by atoms with E-state index in [1.54, 1.807) is 0 Å². The maximum Gasteiger partial charge on any atom is 0.0348 e. The molecule has 0 saturated carbocycles. The number of hydrogen-bond acceptors (Lipinski definition) is 1. The molecule has 78 valence electrons. The minimum Gasteiger partial charge on any atom is -0.140 e. The zero-order valence-corrected chi connectivity index (χ0v) is 9.53. The first-order valence-corrected chi connectivity index (χ1v) is 5.55. The van der Waals surface area contributed by atoms with Gasteiger partial charge >= 0.3 is 0 Å². The molecule has 0 saturated heterocycles. The molecule has 2 rings (SSSR count). The third kappa shape index (κ3) is 2.36. The minimum absolute atomic E-state index is 0. The summed E-state index contributed by atoms with van der Waals surface area (Å²) in [6, 6.07) is 8.56. The number of rotatable bonds is 0. The fourth-order valence-corrected chi connectivity index (χ4v) is 2.37. The molecule has 0 aliphatic rings. The van der Waals surface area contributed by atoms with Crippen molar-refractivity contribution in [2.45, 2.75) is 35.1 Å². The van der Waals surface area contributed by atoms with Crippen LogP contribution in [-0.2, 0) is 0 Å². The van der Waals surface area contributed by atoms with Crippen LogP contribution >= 0.6 is 11.3 Å². The maximum atomic E-state index is 2.19. The van der Waals surface area contributed by atoms with Crippen LogP contribution in [0.3, 0.4) is 0 Å². The Morgan fingerprint density at radius 1 is 1.00 bits per heavy atom. The van der Waals surface area contributed by atoms with Gasteiger partial charge in [-0.1, -0.05) is 39.5 Å². The highest BCUT2D eigenvalue weighted by atomic mass is 32.1. The molecule has 0 radical (unpaired) electrons. The first kappa shape index (κ1) is 13.2. The number of aryl methyl sites for hydroxylation is 2. The summed E-state index contributed by atoms with van der Waals surface area (Å²) in [6.07, 6.45) is 0. The lowest BCUT2D eigenvalue weighted by molar-refractivity contribution is 1.47. The van der Waals surface area contributed by atoms with E-state index in [4.69, 9.17) is 0 Å². The molecule has 0 unspecified atom stereocenters. The van der Waals surface area contributed by atoms with Crippen LogP contribution in [0.4, 0.5) is 0 Å². The number of fused-ring (bicyclic) bond motifs is 1. The van der Waals surface area contributed by atoms with Crippen molar-refractivity contribution in [2.24, 2.45) is 0 Å². The normalized spacial score (nSPS) is 8.86. The standard InChI is InChI=1S/C10H10S.C2H6.CH4/c1-7-8(2)11-10-6-4-3-5-9(7)10;1-2;/h3-6H,1-2H3;1-2H3;1H4. The Kier molecular flexibility index (Phi) is 5.47. The smallest absolute Gasteiger partial charge is 0.0348 e. The molecule has 0 N–H and O–H groups in total. The monoisotopic (exact) mass is 208 g/mol. The second-order valence-electron chi connectivity index (χ2n) is 2.78. The first-order chi connectivity index (χ1) is 6.29. The van der Waals surface area contributed by atoms with E-state index in [0.29, 0.717) is 0 Å². The molecule has 1 aromatic heterocycles. The molecule has 14 heavy (non-hydrogen) atoms. The second-order valence-corrected chi connectivity index (χ2v) is 4.04. The highest BCUT2D eigenvalue weighted by Gasteiger charge is 2.01. The number of thiophene rings is 1. The summed E-state index contributed by atoms with van der Waals surface area (Å²) in [5, 5.41) is 1.41. The largest absolute Gasteiger partial charge is 0.140 e. The van der Waals surface area contributed by atoms with Gasteiger partial charge in [-0.2, -0.15) is 0 Å². The van der Waals surface area contributed by atoms with Crippen molar-refractivity contribution >= 4 is 21.4 Å². The highest BCUT2D eigenvalue weighted by Crippen LogP contribution is 2.29. The topological polar surface area (TPSA) is 0 Å². The summed E-state index contributed by atoms with van der Waals surface area (Å²) in [4.78, 5) is 1.44. The SMILES string of the molecule is C.CC.Cc1sc2ccccc2c1C. The van der Waals surface area contributed by atoms with Crippen LogP contribution in [0.25, 0.3) is 10.1 Å². The summed E-state index contributed by atoms with van der Waals surface area (Å²) in [5.74, 6) is 0. The number of hydrogen-bond donors (Lipinski definition) is 0. The van der Waals surface area contributed by atoms with Crippen LogP contribution in [-0.4, -0.2) is 0 Å². The molecule has 0 atom stereocenters. The van der Waals surface area contributed by atoms with Gasteiger partial charge in [0.25, 0.3) is 0 Å². The summed E-state index contributed by atoms with van der Waals surface area (Å²) >= 11 is 1.88. The van der Waals surface area contributed by atoms with E-state index >= 15 is 0 Å². The summed E-state index contributed by atoms with van der Waals surface area (Å²) in [5.41, 5.74) is 1.44. The van der Waals surface area contributed by atoms with Crippen LogP contribution in [0.1, 0.15) is 31.7 Å². The molecule has 1 heteroatoms. The maximum absolute atomic E-state index is 2.19. The van der Waals surface area contributed by atoms with Crippen molar-refractivity contribution in [3.05, 3.63) is 34.7 Å². The Labute approximate surface area is 91.6 Å². The van der Waals surface area contributed by atoms with Gasteiger partial charge in [0.1, 0.15) is 0 Å². The fraction of sp³-hybridized carbons (Fsp3) is 0.385. The molecule has 1 aromatic carbocycles. The summed E-state index contributed by atoms with van der Waals surface area (Å²) in [7, 11) is 0. The second kappa shape index (κ2) is 5.82. The van der Waals surface area contributed by atoms with E-state index in [2.05, 4.69) is 38.1 Å². The molecule has 0 fully saturated rings. The lowest BCUT2D eigenvalue weighted by Gasteiger charge is -1.88. The van der Waals surface area contributed by atoms with Crippen molar-refractivity contribution in [2.75, 3.05) is 0 Å². The highest BCUT2D eigenvalue weighted by molar-refractivity contribution is 7.19. The van der Waals surface area contributed by atoms with Crippen molar-refractivity contribution in [1.29, 1.82) is 0 Å². The average molecular weight is 208 g/mol. The zero-order valence-electron chi connectivity index (χ0n) is 8.72. The van der Waals surface area contributed by atoms with Gasteiger partial charge in [-0.25, -0.2) is 0 Å². The van der Waals surface area contributed by atoms with Crippen molar-refractivity contribution < 1.29 is 0 Å². The van der Waals surface area contributed by atoms with Gasteiger partial charge in [0.05, 0.1) is 0 Å². The molecule has 0 amide bonds. The van der Waals surface area contributed by atoms with Gasteiger partial charge in [-0.3, -0.25) is 0 Å². The Morgan fingerprint density at radius 2 is 1.57 bits per heavy atom. The van der Waals surface area contributed by atoms with Gasteiger partial charge in [0.15, 0.2) is 0 Å². The van der Waals surface area contributed by atoms with E-state index < -0.39 is 0 Å². The van der Waals surface area contributed by atoms with E-state index in [9.17, 15) is 0 Å². The predicted molar refractivity (Wildman–Crippen MR) is 69.4 cm³/mol. The van der Waals surface area contributed by atoms with Gasteiger partial charge in [-0.15, -0.1) is 11.3 Å². The fourth-order valence-electron chi connectivity index (χ4n) is 1.30. The van der Waals surface area contributed by atoms with Gasteiger partial charge in [0, 0.05) is 9.58 Å². The Balaban J connectivity index is 0.000000531. The average Bonchev–Trinajstić information content (AvgIpc) is 2.47. The van der Waals surface area contributed by atoms with Crippen molar-refractivity contribution in [1.82, 2.24) is 0 Å². The summed E-state index contributed by atoms with van der Waals surface area (Å²) in [6.45, 7) is 8.37. The Hall–Kier alpha value is -0.820. The quantitative estimate of drug-likeness (QED) is 0.559. The van der Waals surface area contributed by atoms with Crippen molar-refractivity contribution in [3.8, 4) is 0 Å². The van der Waals surface area contributed by atoms with Crippen LogP contribution in [0, 0.1) is 13.8 Å². The van der Waals surface area contributed by atoms with Crippen LogP contribution in [0.15, 0.2) is 24.3 Å². The summed E-state index contributed by atoms with van der Waals surface area (Å²) < 4.78 is 1.41. The van der Waals surface area contributed by atoms with Gasteiger partial charge < -0.3 is 0 Å². The van der Waals surface area contributed by atoms with Crippen LogP contribution in [0.2, 0.25) is 0 Å². The molecule has 1 heterocycles. The van der Waals surface area contributed by atoms with E-state index in [-0.39, 0.29) is 7.43 Å². The Bertz CT molecular complexity index is 385. The molecular formula is C13H20S. The lowest BCUT2D eigenvalue weighted by Crippen LogP contribution is -1.68. The third-order valence-electron chi connectivity index (χ3n) is 2.08. The van der Waals surface area contributed by atoms with Crippen molar-refractivity contribution in [3.63, 3.8) is 0 Å². The Morgan fingerprint density at radius 3 is 2.14 bits per heavy atom. The van der Waals surface area contributed by atoms with Gasteiger partial charge in [-0.05, 0) is 30.9 Å². The first-order valence-electron chi connectivity index (χ1n) is 4.74. The van der Waals surface area contributed by atoms with E-state index in [1.165, 1.54) is 20.5 Å². The molecule has 0 bridgehead atoms. The number of benzene rings is 1. The molecular weight excluding hydrogens is 188 g/mol. The van der Waals surface area contributed by atoms with E-state index in [0.717, 1.165) is 0 Å². The molecule has 0 nitrogen and oxygen atoms in total.